The summed E-state index contributed by atoms with van der Waals surface area (Å²) in [5, 5.41) is 1.18. The first-order chi connectivity index (χ1) is 9.58. The molecule has 20 heavy (non-hydrogen) atoms. The van der Waals surface area contributed by atoms with Gasteiger partial charge in [-0.3, -0.25) is 0 Å². The number of sulfone groups is 1. The molecule has 0 radical (unpaired) electrons. The van der Waals surface area contributed by atoms with Crippen LogP contribution in [-0.4, -0.2) is 15.0 Å². The standard InChI is InChI=1S/C15H11FO3S/c16-13-6-2-3-7-14(13)19-9-11-10-20(17,18)15-8-4-1-5-12(11)15/h1-8,10H,9H2. The minimum atomic E-state index is -3.41. The molecule has 0 bridgehead atoms. The molecule has 0 atom stereocenters. The second-order valence-electron chi connectivity index (χ2n) is 4.40. The summed E-state index contributed by atoms with van der Waals surface area (Å²) in [4.78, 5) is 0.270. The number of rotatable bonds is 3. The van der Waals surface area contributed by atoms with Crippen LogP contribution in [0.15, 0.2) is 58.8 Å². The minimum absolute atomic E-state index is 0.0111. The van der Waals surface area contributed by atoms with Crippen LogP contribution < -0.4 is 4.74 Å². The first kappa shape index (κ1) is 12.9. The molecule has 1 aliphatic rings. The lowest BCUT2D eigenvalue weighted by molar-refractivity contribution is 0.348. The van der Waals surface area contributed by atoms with Gasteiger partial charge in [0.15, 0.2) is 11.6 Å². The van der Waals surface area contributed by atoms with Gasteiger partial charge in [0, 0.05) is 16.5 Å². The maximum absolute atomic E-state index is 13.4. The van der Waals surface area contributed by atoms with Crippen molar-refractivity contribution in [2.24, 2.45) is 0 Å². The van der Waals surface area contributed by atoms with Crippen LogP contribution in [0, 0.1) is 5.82 Å². The first-order valence-corrected chi connectivity index (χ1v) is 7.55. The van der Waals surface area contributed by atoms with Crippen molar-refractivity contribution in [2.45, 2.75) is 4.90 Å². The van der Waals surface area contributed by atoms with Gasteiger partial charge in [0.05, 0.1) is 4.90 Å². The molecule has 2 aromatic rings. The van der Waals surface area contributed by atoms with E-state index in [2.05, 4.69) is 0 Å². The Labute approximate surface area is 116 Å². The average Bonchev–Trinajstić information content (AvgIpc) is 2.70. The number of benzene rings is 2. The zero-order valence-corrected chi connectivity index (χ0v) is 11.2. The molecule has 1 aliphatic heterocycles. The number of halogens is 1. The van der Waals surface area contributed by atoms with Gasteiger partial charge in [0.25, 0.3) is 0 Å². The second-order valence-corrected chi connectivity index (χ2v) is 6.17. The average molecular weight is 290 g/mol. The Kier molecular flexibility index (Phi) is 3.06. The van der Waals surface area contributed by atoms with Crippen LogP contribution in [-0.2, 0) is 9.84 Å². The van der Waals surface area contributed by atoms with Gasteiger partial charge in [0.2, 0.25) is 9.84 Å². The van der Waals surface area contributed by atoms with Crippen molar-refractivity contribution in [1.29, 1.82) is 0 Å². The predicted molar refractivity (Wildman–Crippen MR) is 73.5 cm³/mol. The lowest BCUT2D eigenvalue weighted by Crippen LogP contribution is -2.01. The van der Waals surface area contributed by atoms with Crippen molar-refractivity contribution < 1.29 is 17.5 Å². The highest BCUT2D eigenvalue weighted by Crippen LogP contribution is 2.33. The fourth-order valence-electron chi connectivity index (χ4n) is 2.12. The van der Waals surface area contributed by atoms with Gasteiger partial charge in [0.1, 0.15) is 6.61 Å². The molecular formula is C15H11FO3S. The highest BCUT2D eigenvalue weighted by Gasteiger charge is 2.26. The molecule has 3 rings (SSSR count). The van der Waals surface area contributed by atoms with E-state index in [1.807, 2.05) is 0 Å². The minimum Gasteiger partial charge on any atom is -0.486 e. The van der Waals surface area contributed by atoms with E-state index < -0.39 is 15.7 Å². The van der Waals surface area contributed by atoms with E-state index in [-0.39, 0.29) is 17.3 Å². The van der Waals surface area contributed by atoms with Gasteiger partial charge in [-0.05, 0) is 18.2 Å². The fourth-order valence-corrected chi connectivity index (χ4v) is 3.59. The lowest BCUT2D eigenvalue weighted by Gasteiger charge is -2.08. The molecule has 0 amide bonds. The molecule has 102 valence electrons. The molecule has 0 N–H and O–H groups in total. The Balaban J connectivity index is 1.88. The molecule has 0 fully saturated rings. The van der Waals surface area contributed by atoms with E-state index >= 15 is 0 Å². The predicted octanol–water partition coefficient (Wildman–Crippen LogP) is 3.03. The van der Waals surface area contributed by atoms with Crippen molar-refractivity contribution in [3.8, 4) is 5.75 Å². The summed E-state index contributed by atoms with van der Waals surface area (Å²) in [6.45, 7) is 0.0111. The van der Waals surface area contributed by atoms with E-state index in [4.69, 9.17) is 4.74 Å². The Morgan fingerprint density at radius 2 is 1.70 bits per heavy atom. The summed E-state index contributed by atoms with van der Waals surface area (Å²) in [7, 11) is -3.41. The lowest BCUT2D eigenvalue weighted by atomic mass is 10.1. The van der Waals surface area contributed by atoms with Crippen LogP contribution >= 0.6 is 0 Å². The maximum Gasteiger partial charge on any atom is 0.200 e. The SMILES string of the molecule is O=S1(=O)C=C(COc2ccccc2F)c2ccccc21. The highest BCUT2D eigenvalue weighted by atomic mass is 32.2. The number of fused-ring (bicyclic) bond motifs is 1. The monoisotopic (exact) mass is 290 g/mol. The van der Waals surface area contributed by atoms with E-state index in [0.29, 0.717) is 11.1 Å². The smallest absolute Gasteiger partial charge is 0.200 e. The molecular weight excluding hydrogens is 279 g/mol. The first-order valence-electron chi connectivity index (χ1n) is 6.00. The number of ether oxygens (including phenoxy) is 1. The van der Waals surface area contributed by atoms with Gasteiger partial charge >= 0.3 is 0 Å². The largest absolute Gasteiger partial charge is 0.486 e. The van der Waals surface area contributed by atoms with Crippen molar-refractivity contribution in [1.82, 2.24) is 0 Å². The highest BCUT2D eigenvalue weighted by molar-refractivity contribution is 7.95. The summed E-state index contributed by atoms with van der Waals surface area (Å²) >= 11 is 0. The van der Waals surface area contributed by atoms with Crippen molar-refractivity contribution in [3.63, 3.8) is 0 Å². The third-order valence-corrected chi connectivity index (χ3v) is 4.62. The Morgan fingerprint density at radius 1 is 1.00 bits per heavy atom. The number of hydrogen-bond donors (Lipinski definition) is 0. The van der Waals surface area contributed by atoms with Gasteiger partial charge in [-0.2, -0.15) is 0 Å². The molecule has 0 spiro atoms. The van der Waals surface area contributed by atoms with Gasteiger partial charge < -0.3 is 4.74 Å². The van der Waals surface area contributed by atoms with Crippen molar-refractivity contribution >= 4 is 15.4 Å². The molecule has 1 heterocycles. The Hall–Kier alpha value is -2.14. The van der Waals surface area contributed by atoms with Crippen LogP contribution in [0.3, 0.4) is 0 Å². The summed E-state index contributed by atoms with van der Waals surface area (Å²) in [5.74, 6) is -0.364. The summed E-state index contributed by atoms with van der Waals surface area (Å²) in [6, 6.07) is 12.7. The molecule has 0 saturated heterocycles. The quantitative estimate of drug-likeness (QED) is 0.872. The number of para-hydroxylation sites is 1. The van der Waals surface area contributed by atoms with E-state index in [1.165, 1.54) is 17.5 Å². The zero-order valence-electron chi connectivity index (χ0n) is 10.4. The topological polar surface area (TPSA) is 43.4 Å². The normalized spacial score (nSPS) is 15.6. The van der Waals surface area contributed by atoms with Crippen LogP contribution in [0.1, 0.15) is 5.56 Å². The summed E-state index contributed by atoms with van der Waals surface area (Å²) in [5.41, 5.74) is 1.15. The van der Waals surface area contributed by atoms with Crippen molar-refractivity contribution in [2.75, 3.05) is 6.61 Å². The van der Waals surface area contributed by atoms with E-state index in [0.717, 1.165) is 0 Å². The van der Waals surface area contributed by atoms with Crippen molar-refractivity contribution in [3.05, 3.63) is 65.3 Å². The molecule has 2 aromatic carbocycles. The zero-order chi connectivity index (χ0) is 14.2. The van der Waals surface area contributed by atoms with Gasteiger partial charge in [-0.1, -0.05) is 30.3 Å². The van der Waals surface area contributed by atoms with Crippen LogP contribution in [0.2, 0.25) is 0 Å². The summed E-state index contributed by atoms with van der Waals surface area (Å²) in [6.07, 6.45) is 0. The molecule has 0 aliphatic carbocycles. The van der Waals surface area contributed by atoms with Crippen LogP contribution in [0.4, 0.5) is 4.39 Å². The van der Waals surface area contributed by atoms with E-state index in [9.17, 15) is 12.8 Å². The Morgan fingerprint density at radius 3 is 2.50 bits per heavy atom. The Bertz CT molecular complexity index is 794. The van der Waals surface area contributed by atoms with Gasteiger partial charge in [-0.25, -0.2) is 12.8 Å². The fraction of sp³-hybridized carbons (Fsp3) is 0.0667. The van der Waals surface area contributed by atoms with Crippen LogP contribution in [0.25, 0.3) is 5.57 Å². The third kappa shape index (κ3) is 2.20. The van der Waals surface area contributed by atoms with Gasteiger partial charge in [-0.15, -0.1) is 0 Å². The maximum atomic E-state index is 13.4. The molecule has 0 aromatic heterocycles. The molecule has 0 saturated carbocycles. The molecule has 0 unspecified atom stereocenters. The molecule has 3 nitrogen and oxygen atoms in total. The summed E-state index contributed by atoms with van der Waals surface area (Å²) < 4.78 is 42.7. The molecule has 5 heteroatoms. The third-order valence-electron chi connectivity index (χ3n) is 3.06. The van der Waals surface area contributed by atoms with Crippen LogP contribution in [0.5, 0.6) is 5.75 Å². The second kappa shape index (κ2) is 4.76. The van der Waals surface area contributed by atoms with E-state index in [1.54, 1.807) is 36.4 Å². The number of hydrogen-bond acceptors (Lipinski definition) is 3.